The largest absolute Gasteiger partial charge is 0.458 e. The number of amides is 1. The molecule has 332 valence electrons. The van der Waals surface area contributed by atoms with Crippen molar-refractivity contribution < 1.29 is 24.5 Å². The minimum atomic E-state index is -0.830. The Labute approximate surface area is 357 Å². The zero-order valence-electron chi connectivity index (χ0n) is 37.6. The van der Waals surface area contributed by atoms with E-state index in [2.05, 4.69) is 92.9 Å². The quantitative estimate of drug-likeness (QED) is 0.0325. The Hall–Kier alpha value is -2.96. The molecule has 0 aromatic carbocycles. The monoisotopic (exact) mass is 808 g/mol. The molecule has 0 radical (unpaired) electrons. The molecule has 0 fully saturated rings. The van der Waals surface area contributed by atoms with Crippen LogP contribution in [-0.2, 0) is 14.3 Å². The Morgan fingerprint density at radius 3 is 1.47 bits per heavy atom. The maximum absolute atomic E-state index is 13.1. The summed E-state index contributed by atoms with van der Waals surface area (Å²) in [5.41, 5.74) is 0. The number of carbonyl (C=O) groups excluding carboxylic acids is 2. The Morgan fingerprint density at radius 2 is 0.966 bits per heavy atom. The lowest BCUT2D eigenvalue weighted by Crippen LogP contribution is -2.46. The summed E-state index contributed by atoms with van der Waals surface area (Å²) >= 11 is 0. The van der Waals surface area contributed by atoms with Gasteiger partial charge in [0, 0.05) is 6.42 Å². The van der Waals surface area contributed by atoms with E-state index < -0.39 is 18.2 Å². The Morgan fingerprint density at radius 1 is 0.534 bits per heavy atom. The van der Waals surface area contributed by atoms with Gasteiger partial charge in [-0.05, 0) is 70.3 Å². The molecule has 0 aromatic rings. The molecule has 3 atom stereocenters. The molecule has 6 heteroatoms. The predicted octanol–water partition coefficient (Wildman–Crippen LogP) is 14.0. The zero-order valence-corrected chi connectivity index (χ0v) is 37.6. The van der Waals surface area contributed by atoms with Gasteiger partial charge >= 0.3 is 5.97 Å². The summed E-state index contributed by atoms with van der Waals surface area (Å²) in [7, 11) is 0. The number of rotatable bonds is 41. The van der Waals surface area contributed by atoms with E-state index in [1.54, 1.807) is 6.08 Å². The van der Waals surface area contributed by atoms with Gasteiger partial charge in [-0.2, -0.15) is 0 Å². The van der Waals surface area contributed by atoms with Gasteiger partial charge in [0.05, 0.1) is 25.2 Å². The molecule has 3 N–H and O–H groups in total. The smallest absolute Gasteiger partial charge is 0.306 e. The number of hydrogen-bond acceptors (Lipinski definition) is 5. The van der Waals surface area contributed by atoms with Crippen molar-refractivity contribution in [3.8, 4) is 0 Å². The molecule has 58 heavy (non-hydrogen) atoms. The molecule has 0 aromatic heterocycles. The van der Waals surface area contributed by atoms with Crippen LogP contribution in [-0.4, -0.2) is 46.9 Å². The third kappa shape index (κ3) is 39.8. The van der Waals surface area contributed by atoms with Gasteiger partial charge in [-0.15, -0.1) is 0 Å². The molecule has 0 aliphatic carbocycles. The van der Waals surface area contributed by atoms with Crippen molar-refractivity contribution in [2.45, 2.75) is 225 Å². The summed E-state index contributed by atoms with van der Waals surface area (Å²) in [4.78, 5) is 25.9. The second-order valence-corrected chi connectivity index (χ2v) is 15.8. The van der Waals surface area contributed by atoms with E-state index in [1.807, 2.05) is 12.2 Å². The third-order valence-electron chi connectivity index (χ3n) is 10.2. The van der Waals surface area contributed by atoms with Crippen LogP contribution in [0.4, 0.5) is 0 Å². The summed E-state index contributed by atoms with van der Waals surface area (Å²) in [6.45, 7) is 6.29. The van der Waals surface area contributed by atoms with Gasteiger partial charge in [0.25, 0.3) is 0 Å². The topological polar surface area (TPSA) is 95.9 Å². The number of aliphatic hydroxyl groups excluding tert-OH is 2. The van der Waals surface area contributed by atoms with Crippen molar-refractivity contribution >= 4 is 11.9 Å². The highest BCUT2D eigenvalue weighted by molar-refractivity contribution is 5.78. The van der Waals surface area contributed by atoms with Crippen molar-refractivity contribution in [1.29, 1.82) is 0 Å². The molecule has 3 unspecified atom stereocenters. The van der Waals surface area contributed by atoms with Crippen molar-refractivity contribution in [2.24, 2.45) is 0 Å². The molecule has 6 nitrogen and oxygen atoms in total. The molecule has 0 saturated heterocycles. The van der Waals surface area contributed by atoms with Crippen molar-refractivity contribution in [1.82, 2.24) is 5.32 Å². The van der Waals surface area contributed by atoms with Crippen LogP contribution in [0.25, 0.3) is 0 Å². The number of hydrogen-bond donors (Lipinski definition) is 3. The number of aliphatic hydroxyl groups is 2. The molecule has 0 rings (SSSR count). The van der Waals surface area contributed by atoms with E-state index in [-0.39, 0.29) is 31.3 Å². The van der Waals surface area contributed by atoms with E-state index >= 15 is 0 Å². The Balaban J connectivity index is 4.85. The van der Waals surface area contributed by atoms with Crippen LogP contribution in [0, 0.1) is 0 Å². The average Bonchev–Trinajstić information content (AvgIpc) is 3.22. The molecule has 0 saturated carbocycles. The second kappa shape index (κ2) is 45.1. The fraction of sp³-hybridized carbons (Fsp3) is 0.692. The van der Waals surface area contributed by atoms with Crippen LogP contribution >= 0.6 is 0 Å². The second-order valence-electron chi connectivity index (χ2n) is 15.8. The minimum absolute atomic E-state index is 0.0719. The lowest BCUT2D eigenvalue weighted by molar-refractivity contribution is -0.148. The minimum Gasteiger partial charge on any atom is -0.458 e. The third-order valence-corrected chi connectivity index (χ3v) is 10.2. The van der Waals surface area contributed by atoms with Crippen molar-refractivity contribution in [3.63, 3.8) is 0 Å². The number of carbonyl (C=O) groups is 2. The first-order chi connectivity index (χ1) is 28.5. The van der Waals surface area contributed by atoms with Gasteiger partial charge in [-0.1, -0.05) is 209 Å². The Bertz CT molecular complexity index is 1130. The van der Waals surface area contributed by atoms with Gasteiger partial charge in [0.2, 0.25) is 5.91 Å². The molecular weight excluding hydrogens is 719 g/mol. The summed E-state index contributed by atoms with van der Waals surface area (Å²) in [5, 5.41) is 23.6. The van der Waals surface area contributed by atoms with Gasteiger partial charge in [0.15, 0.2) is 0 Å². The van der Waals surface area contributed by atoms with E-state index in [9.17, 15) is 19.8 Å². The number of allylic oxidation sites excluding steroid dienone is 13. The maximum atomic E-state index is 13.1. The van der Waals surface area contributed by atoms with Gasteiger partial charge in [0.1, 0.15) is 6.10 Å². The van der Waals surface area contributed by atoms with E-state index in [0.29, 0.717) is 19.3 Å². The fourth-order valence-corrected chi connectivity index (χ4v) is 6.62. The molecular formula is C52H89NO5. The highest BCUT2D eigenvalue weighted by Crippen LogP contribution is 2.15. The molecule has 0 spiro atoms. The van der Waals surface area contributed by atoms with E-state index in [4.69, 9.17) is 4.74 Å². The number of esters is 1. The van der Waals surface area contributed by atoms with Gasteiger partial charge in [-0.25, -0.2) is 0 Å². The standard InChI is InChI=1S/C52H89NO5/c1-4-7-10-13-16-19-22-25-27-28-31-34-37-40-43-48(58-52(57)45-42-39-36-33-30-26-23-20-17-14-11-8-5-2)46-51(56)53-49(47-54)50(55)44-41-38-35-32-29-24-21-18-15-12-9-6-3/h7,10,16,19,25-27,30-31,34,36,39-40,43,48-50,54-55H,4-6,8-9,11-15,17-18,20-24,28-29,32-33,35,37-38,41-42,44-47H2,1-3H3,(H,53,56)/b10-7+,19-16+,27-25+,30-26-,34-31+,39-36+,43-40+. The fourth-order valence-electron chi connectivity index (χ4n) is 6.62. The SMILES string of the molecule is CC/C=C/C/C=C/C/C=C/C/C=C/C/C=C/C(CC(=O)NC(CO)C(O)CCCCCCCCCCCCCC)OC(=O)CC/C=C/C/C=C\CCCCCCCC. The first-order valence-corrected chi connectivity index (χ1v) is 23.8. The highest BCUT2D eigenvalue weighted by Gasteiger charge is 2.23. The van der Waals surface area contributed by atoms with Crippen LogP contribution in [0.15, 0.2) is 85.1 Å². The maximum Gasteiger partial charge on any atom is 0.306 e. The normalized spacial score (nSPS) is 14.1. The van der Waals surface area contributed by atoms with Crippen LogP contribution in [0.2, 0.25) is 0 Å². The van der Waals surface area contributed by atoms with Crippen LogP contribution < -0.4 is 5.32 Å². The number of nitrogens with one attached hydrogen (secondary N) is 1. The molecule has 0 aliphatic rings. The lowest BCUT2D eigenvalue weighted by atomic mass is 10.0. The van der Waals surface area contributed by atoms with E-state index in [0.717, 1.165) is 57.8 Å². The molecule has 1 amide bonds. The first kappa shape index (κ1) is 55.0. The summed E-state index contributed by atoms with van der Waals surface area (Å²) in [5.74, 6) is -0.716. The average molecular weight is 808 g/mol. The van der Waals surface area contributed by atoms with Crippen molar-refractivity contribution in [2.75, 3.05) is 6.61 Å². The predicted molar refractivity (Wildman–Crippen MR) is 250 cm³/mol. The van der Waals surface area contributed by atoms with Gasteiger partial charge in [-0.3, -0.25) is 9.59 Å². The first-order valence-electron chi connectivity index (χ1n) is 23.8. The molecule has 0 aliphatic heterocycles. The van der Waals surface area contributed by atoms with Crippen LogP contribution in [0.1, 0.15) is 207 Å². The van der Waals surface area contributed by atoms with Gasteiger partial charge < -0.3 is 20.3 Å². The van der Waals surface area contributed by atoms with E-state index in [1.165, 1.54) is 96.3 Å². The Kier molecular flexibility index (Phi) is 42.8. The summed E-state index contributed by atoms with van der Waals surface area (Å²) < 4.78 is 5.76. The van der Waals surface area contributed by atoms with Crippen molar-refractivity contribution in [3.05, 3.63) is 85.1 Å². The molecule has 0 heterocycles. The zero-order chi connectivity index (χ0) is 42.4. The summed E-state index contributed by atoms with van der Waals surface area (Å²) in [6, 6.07) is -0.755. The summed E-state index contributed by atoms with van der Waals surface area (Å²) in [6.07, 6.45) is 58.2. The molecule has 0 bridgehead atoms. The highest BCUT2D eigenvalue weighted by atomic mass is 16.5. The number of ether oxygens (including phenoxy) is 1. The lowest BCUT2D eigenvalue weighted by Gasteiger charge is -2.23. The number of unbranched alkanes of at least 4 members (excludes halogenated alkanes) is 17. The van der Waals surface area contributed by atoms with Crippen LogP contribution in [0.3, 0.4) is 0 Å². The van der Waals surface area contributed by atoms with Crippen LogP contribution in [0.5, 0.6) is 0 Å².